The third-order valence-electron chi connectivity index (χ3n) is 2.79. The van der Waals surface area contributed by atoms with Gasteiger partial charge in [-0.3, -0.25) is 4.79 Å². The number of rotatable bonds is 1. The van der Waals surface area contributed by atoms with E-state index in [0.29, 0.717) is 32.5 Å². The Morgan fingerprint density at radius 2 is 2.06 bits per heavy atom. The summed E-state index contributed by atoms with van der Waals surface area (Å²) in [5.41, 5.74) is 0.969. The maximum atomic E-state index is 12.2. The van der Waals surface area contributed by atoms with Gasteiger partial charge >= 0.3 is 0 Å². The van der Waals surface area contributed by atoms with E-state index < -0.39 is 0 Å². The zero-order valence-corrected chi connectivity index (χ0v) is 9.58. The van der Waals surface area contributed by atoms with Gasteiger partial charge in [-0.25, -0.2) is 4.98 Å². The highest BCUT2D eigenvalue weighted by atomic mass is 16.3. The molecular weight excluding hydrogens is 232 g/mol. The summed E-state index contributed by atoms with van der Waals surface area (Å²) in [5, 5.41) is 0.798. The first-order valence-corrected chi connectivity index (χ1v) is 5.39. The lowest BCUT2D eigenvalue weighted by molar-refractivity contribution is -0.428. The van der Waals surface area contributed by atoms with Crippen molar-refractivity contribution in [3.05, 3.63) is 51.7 Å². The standard InChI is InChI=1S/C13H9N2O3/c1-15(17)8-4-5-11-10(7-8)12(16)9-3-2-6-14-13(9)18-11/h2-7H,1H3/q+1. The van der Waals surface area contributed by atoms with Gasteiger partial charge in [-0.15, -0.1) is 0 Å². The number of hydrogen-bond donors (Lipinski definition) is 0. The van der Waals surface area contributed by atoms with Crippen LogP contribution >= 0.6 is 0 Å². The molecule has 0 saturated carbocycles. The lowest BCUT2D eigenvalue weighted by Crippen LogP contribution is -2.03. The summed E-state index contributed by atoms with van der Waals surface area (Å²) in [6.07, 6.45) is 1.57. The Hall–Kier alpha value is -2.56. The van der Waals surface area contributed by atoms with Crippen molar-refractivity contribution in [3.63, 3.8) is 0 Å². The van der Waals surface area contributed by atoms with Crippen LogP contribution in [0.2, 0.25) is 0 Å². The highest BCUT2D eigenvalue weighted by molar-refractivity contribution is 5.89. The molecule has 0 radical (unpaired) electrons. The highest BCUT2D eigenvalue weighted by Gasteiger charge is 2.13. The number of nitrogens with zero attached hydrogens (tertiary/aromatic N) is 2. The summed E-state index contributed by atoms with van der Waals surface area (Å²) in [5.74, 6) is 0. The van der Waals surface area contributed by atoms with Crippen molar-refractivity contribution in [2.75, 3.05) is 7.05 Å². The second-order valence-electron chi connectivity index (χ2n) is 3.97. The summed E-state index contributed by atoms with van der Waals surface area (Å²) >= 11 is 0. The largest absolute Gasteiger partial charge is 0.437 e. The second-order valence-corrected chi connectivity index (χ2v) is 3.97. The summed E-state index contributed by atoms with van der Waals surface area (Å²) in [6.45, 7) is 0. The lowest BCUT2D eigenvalue weighted by Gasteiger charge is -1.99. The van der Waals surface area contributed by atoms with Crippen LogP contribution in [0, 0.1) is 4.91 Å². The zero-order chi connectivity index (χ0) is 12.7. The van der Waals surface area contributed by atoms with Gasteiger partial charge in [0.15, 0.2) is 7.05 Å². The van der Waals surface area contributed by atoms with Crippen LogP contribution in [-0.4, -0.2) is 16.8 Å². The van der Waals surface area contributed by atoms with E-state index in [-0.39, 0.29) is 5.43 Å². The molecule has 0 aliphatic heterocycles. The van der Waals surface area contributed by atoms with Gasteiger partial charge in [0.1, 0.15) is 5.58 Å². The molecule has 88 valence electrons. The molecule has 18 heavy (non-hydrogen) atoms. The predicted molar refractivity (Wildman–Crippen MR) is 67.0 cm³/mol. The molecule has 0 amide bonds. The topological polar surface area (TPSA) is 63.2 Å². The molecule has 0 fully saturated rings. The first-order valence-electron chi connectivity index (χ1n) is 5.39. The van der Waals surface area contributed by atoms with Crippen LogP contribution in [0.5, 0.6) is 0 Å². The molecule has 0 bridgehead atoms. The fourth-order valence-corrected chi connectivity index (χ4v) is 1.87. The quantitative estimate of drug-likeness (QED) is 0.484. The lowest BCUT2D eigenvalue weighted by atomic mass is 10.1. The monoisotopic (exact) mass is 241 g/mol. The molecule has 1 aromatic carbocycles. The van der Waals surface area contributed by atoms with Gasteiger partial charge in [0, 0.05) is 28.0 Å². The average Bonchev–Trinajstić information content (AvgIpc) is 2.38. The van der Waals surface area contributed by atoms with Gasteiger partial charge in [-0.2, -0.15) is 0 Å². The third kappa shape index (κ3) is 1.48. The van der Waals surface area contributed by atoms with E-state index in [9.17, 15) is 9.70 Å². The zero-order valence-electron chi connectivity index (χ0n) is 9.58. The Kier molecular flexibility index (Phi) is 2.19. The molecule has 5 heteroatoms. The van der Waals surface area contributed by atoms with Gasteiger partial charge in [-0.1, -0.05) is 0 Å². The number of benzene rings is 1. The molecule has 2 heterocycles. The van der Waals surface area contributed by atoms with E-state index in [2.05, 4.69) is 4.98 Å². The SMILES string of the molecule is C[N+](=O)c1ccc2oc3ncccc3c(=O)c2c1. The Labute approximate surface area is 101 Å². The van der Waals surface area contributed by atoms with Gasteiger partial charge < -0.3 is 4.42 Å². The third-order valence-corrected chi connectivity index (χ3v) is 2.79. The van der Waals surface area contributed by atoms with Crippen molar-refractivity contribution >= 4 is 27.8 Å². The van der Waals surface area contributed by atoms with Crippen LogP contribution in [0.15, 0.2) is 45.7 Å². The predicted octanol–water partition coefficient (Wildman–Crippen LogP) is 2.38. The maximum Gasteiger partial charge on any atom is 0.256 e. The normalized spacial score (nSPS) is 10.9. The Morgan fingerprint density at radius 3 is 2.83 bits per heavy atom. The van der Waals surface area contributed by atoms with Crippen molar-refractivity contribution in [2.45, 2.75) is 0 Å². The number of pyridine rings is 1. The number of fused-ring (bicyclic) bond motifs is 2. The average molecular weight is 241 g/mol. The highest BCUT2D eigenvalue weighted by Crippen LogP contribution is 2.21. The molecule has 0 atom stereocenters. The molecule has 0 aliphatic rings. The molecule has 3 rings (SSSR count). The van der Waals surface area contributed by atoms with E-state index in [0.717, 1.165) is 0 Å². The molecular formula is C13H9N2O3+. The van der Waals surface area contributed by atoms with Crippen LogP contribution in [0.3, 0.4) is 0 Å². The minimum atomic E-state index is -0.178. The minimum Gasteiger partial charge on any atom is -0.437 e. The molecule has 3 aromatic rings. The molecule has 2 aromatic heterocycles. The minimum absolute atomic E-state index is 0.178. The molecule has 0 spiro atoms. The smallest absolute Gasteiger partial charge is 0.256 e. The number of aromatic nitrogens is 1. The fourth-order valence-electron chi connectivity index (χ4n) is 1.87. The van der Waals surface area contributed by atoms with E-state index in [4.69, 9.17) is 4.42 Å². The van der Waals surface area contributed by atoms with Gasteiger partial charge in [0.05, 0.1) is 10.8 Å². The van der Waals surface area contributed by atoms with Crippen LogP contribution in [0.25, 0.3) is 22.1 Å². The molecule has 0 aliphatic carbocycles. The maximum absolute atomic E-state index is 12.2. The first kappa shape index (κ1) is 10.6. The van der Waals surface area contributed by atoms with Gasteiger partial charge in [0.25, 0.3) is 5.69 Å². The van der Waals surface area contributed by atoms with E-state index in [1.807, 2.05) is 0 Å². The van der Waals surface area contributed by atoms with E-state index in [1.165, 1.54) is 13.1 Å². The van der Waals surface area contributed by atoms with Crippen LogP contribution in [0.1, 0.15) is 0 Å². The summed E-state index contributed by atoms with van der Waals surface area (Å²) in [6, 6.07) is 8.07. The van der Waals surface area contributed by atoms with Crippen LogP contribution in [0.4, 0.5) is 5.69 Å². The molecule has 0 saturated heterocycles. The number of hydrogen-bond acceptors (Lipinski definition) is 4. The van der Waals surface area contributed by atoms with Crippen molar-refractivity contribution in [1.29, 1.82) is 0 Å². The van der Waals surface area contributed by atoms with E-state index >= 15 is 0 Å². The van der Waals surface area contributed by atoms with Gasteiger partial charge in [-0.05, 0) is 18.2 Å². The van der Waals surface area contributed by atoms with Crippen LogP contribution in [-0.2, 0) is 0 Å². The fraction of sp³-hybridized carbons (Fsp3) is 0.0769. The Bertz CT molecular complexity index is 836. The Balaban J connectivity index is 2.49. The van der Waals surface area contributed by atoms with Gasteiger partial charge in [0.2, 0.25) is 11.1 Å². The van der Waals surface area contributed by atoms with Crippen LogP contribution < -0.4 is 5.43 Å². The second kappa shape index (κ2) is 3.73. The summed E-state index contributed by atoms with van der Waals surface area (Å²) < 4.78 is 6.23. The van der Waals surface area contributed by atoms with Crippen molar-refractivity contribution in [2.24, 2.45) is 0 Å². The molecule has 5 nitrogen and oxygen atoms in total. The van der Waals surface area contributed by atoms with Crippen molar-refractivity contribution in [1.82, 2.24) is 4.98 Å². The first-order chi connectivity index (χ1) is 8.66. The Morgan fingerprint density at radius 1 is 1.22 bits per heavy atom. The number of nitroso groups, excluding NO2 is 1. The molecule has 0 unspecified atom stereocenters. The van der Waals surface area contributed by atoms with Crippen molar-refractivity contribution in [3.8, 4) is 0 Å². The molecule has 0 N–H and O–H groups in total. The summed E-state index contributed by atoms with van der Waals surface area (Å²) in [7, 11) is 1.38. The summed E-state index contributed by atoms with van der Waals surface area (Å²) in [4.78, 5) is 27.5. The van der Waals surface area contributed by atoms with E-state index in [1.54, 1.807) is 30.5 Å². The van der Waals surface area contributed by atoms with Crippen molar-refractivity contribution < 1.29 is 9.18 Å².